The smallest absolute Gasteiger partial charge is 0.238 e. The quantitative estimate of drug-likeness (QED) is 0.395. The van der Waals surface area contributed by atoms with Gasteiger partial charge in [0.15, 0.2) is 0 Å². The van der Waals surface area contributed by atoms with E-state index in [-0.39, 0.29) is 23.0 Å². The molecule has 0 bridgehead atoms. The summed E-state index contributed by atoms with van der Waals surface area (Å²) in [4.78, 5) is 26.5. The van der Waals surface area contributed by atoms with Gasteiger partial charge in [-0.1, -0.05) is 57.6 Å². The second-order valence-corrected chi connectivity index (χ2v) is 9.02. The van der Waals surface area contributed by atoms with Crippen LogP contribution in [0.2, 0.25) is 0 Å². The molecule has 0 aliphatic carbocycles. The third-order valence-electron chi connectivity index (χ3n) is 5.44. The van der Waals surface area contributed by atoms with Crippen molar-refractivity contribution in [2.24, 2.45) is 0 Å². The molecule has 1 heterocycles. The van der Waals surface area contributed by atoms with Gasteiger partial charge in [0.2, 0.25) is 11.8 Å². The van der Waals surface area contributed by atoms with Crippen molar-refractivity contribution in [2.45, 2.75) is 63.7 Å². The fourth-order valence-corrected chi connectivity index (χ4v) is 4.95. The van der Waals surface area contributed by atoms with Crippen molar-refractivity contribution < 1.29 is 14.0 Å². The molecule has 1 unspecified atom stereocenters. The normalized spacial score (nSPS) is 16.0. The van der Waals surface area contributed by atoms with Crippen molar-refractivity contribution in [3.63, 3.8) is 0 Å². The highest BCUT2D eigenvalue weighted by atomic mass is 32.2. The molecule has 4 nitrogen and oxygen atoms in total. The summed E-state index contributed by atoms with van der Waals surface area (Å²) < 4.78 is 13.3. The van der Waals surface area contributed by atoms with Crippen LogP contribution in [-0.4, -0.2) is 17.6 Å². The molecular weight excluding hydrogens is 411 g/mol. The van der Waals surface area contributed by atoms with Crippen LogP contribution in [-0.2, 0) is 9.59 Å². The molecule has 0 spiro atoms. The molecule has 0 aromatic heterocycles. The van der Waals surface area contributed by atoms with Crippen molar-refractivity contribution in [1.29, 1.82) is 0 Å². The summed E-state index contributed by atoms with van der Waals surface area (Å²) >= 11 is 1.53. The lowest BCUT2D eigenvalue weighted by Crippen LogP contribution is -2.27. The number of rotatable bonds is 11. The Morgan fingerprint density at radius 3 is 2.52 bits per heavy atom. The number of halogens is 1. The van der Waals surface area contributed by atoms with E-state index in [0.717, 1.165) is 24.1 Å². The largest absolute Gasteiger partial charge is 0.326 e. The number of hydrogen-bond acceptors (Lipinski definition) is 3. The lowest BCUT2D eigenvalue weighted by molar-refractivity contribution is -0.117. The fourth-order valence-electron chi connectivity index (χ4n) is 3.79. The fraction of sp³-hybridized carbons (Fsp3) is 0.440. The Bertz CT molecular complexity index is 872. The van der Waals surface area contributed by atoms with E-state index in [4.69, 9.17) is 0 Å². The zero-order valence-electron chi connectivity index (χ0n) is 18.1. The number of amides is 2. The molecular formula is C25H31FN2O2S. The molecule has 0 radical (unpaired) electrons. The number of unbranched alkanes of at least 4 members (excludes halogenated alkanes) is 6. The maximum Gasteiger partial charge on any atom is 0.238 e. The molecule has 1 aliphatic heterocycles. The minimum atomic E-state index is -0.328. The summed E-state index contributed by atoms with van der Waals surface area (Å²) in [5.74, 6) is 0.0631. The molecule has 1 atom stereocenters. The highest BCUT2D eigenvalue weighted by Gasteiger charge is 2.34. The van der Waals surface area contributed by atoms with Gasteiger partial charge in [0.05, 0.1) is 5.75 Å². The highest BCUT2D eigenvalue weighted by Crippen LogP contribution is 2.42. The maximum atomic E-state index is 13.3. The number of thioether (sulfide) groups is 1. The average molecular weight is 443 g/mol. The second kappa shape index (κ2) is 11.9. The number of carbonyl (C=O) groups is 2. The molecule has 3 rings (SSSR count). The van der Waals surface area contributed by atoms with Gasteiger partial charge in [-0.05, 0) is 48.4 Å². The second-order valence-electron chi connectivity index (χ2n) is 7.95. The number of anilines is 2. The molecule has 31 heavy (non-hydrogen) atoms. The molecule has 6 heteroatoms. The number of carbonyl (C=O) groups excluding carboxylic acids is 2. The zero-order valence-corrected chi connectivity index (χ0v) is 18.9. The number of nitrogens with zero attached hydrogens (tertiary/aromatic N) is 1. The van der Waals surface area contributed by atoms with E-state index in [0.29, 0.717) is 17.9 Å². The zero-order chi connectivity index (χ0) is 22.1. The number of nitrogens with one attached hydrogen (secondary N) is 1. The van der Waals surface area contributed by atoms with Crippen LogP contribution >= 0.6 is 11.8 Å². The maximum absolute atomic E-state index is 13.3. The topological polar surface area (TPSA) is 49.4 Å². The van der Waals surface area contributed by atoms with Crippen LogP contribution in [0.3, 0.4) is 0 Å². The van der Waals surface area contributed by atoms with E-state index in [2.05, 4.69) is 12.2 Å². The Kier molecular flexibility index (Phi) is 8.95. The predicted molar refractivity (Wildman–Crippen MR) is 127 cm³/mol. The first-order chi connectivity index (χ1) is 15.1. The first-order valence-electron chi connectivity index (χ1n) is 11.2. The number of hydrogen-bond donors (Lipinski definition) is 1. The van der Waals surface area contributed by atoms with Gasteiger partial charge in [0, 0.05) is 17.8 Å². The molecule has 2 amide bonds. The van der Waals surface area contributed by atoms with Crippen LogP contribution in [0.1, 0.15) is 69.2 Å². The minimum Gasteiger partial charge on any atom is -0.326 e. The van der Waals surface area contributed by atoms with E-state index >= 15 is 0 Å². The first kappa shape index (κ1) is 23.3. The van der Waals surface area contributed by atoms with E-state index < -0.39 is 0 Å². The summed E-state index contributed by atoms with van der Waals surface area (Å²) in [6.07, 6.45) is 8.78. The van der Waals surface area contributed by atoms with Gasteiger partial charge in [-0.25, -0.2) is 4.39 Å². The monoisotopic (exact) mass is 442 g/mol. The van der Waals surface area contributed by atoms with Gasteiger partial charge >= 0.3 is 0 Å². The Labute approximate surface area is 188 Å². The van der Waals surface area contributed by atoms with Crippen molar-refractivity contribution in [2.75, 3.05) is 16.0 Å². The van der Waals surface area contributed by atoms with Gasteiger partial charge in [-0.15, -0.1) is 11.8 Å². The standard InChI is InChI=1S/C25H31FN2O2S/c1-2-3-4-5-6-7-8-12-23(29)27-21-11-9-10-19(17-21)25-28(24(30)18-31-25)22-15-13-20(26)14-16-22/h9-11,13-17,25H,2-8,12,18H2,1H3,(H,27,29). The molecule has 1 saturated heterocycles. The van der Waals surface area contributed by atoms with Gasteiger partial charge in [-0.2, -0.15) is 0 Å². The summed E-state index contributed by atoms with van der Waals surface area (Å²) in [6, 6.07) is 13.6. The molecule has 2 aromatic rings. The van der Waals surface area contributed by atoms with Crippen molar-refractivity contribution in [3.8, 4) is 0 Å². The molecule has 2 aromatic carbocycles. The van der Waals surface area contributed by atoms with Crippen molar-refractivity contribution >= 4 is 35.0 Å². The average Bonchev–Trinajstić information content (AvgIpc) is 3.15. The van der Waals surface area contributed by atoms with Crippen LogP contribution in [0.25, 0.3) is 0 Å². The third kappa shape index (κ3) is 6.82. The van der Waals surface area contributed by atoms with E-state index in [1.54, 1.807) is 17.0 Å². The highest BCUT2D eigenvalue weighted by molar-refractivity contribution is 8.00. The van der Waals surface area contributed by atoms with Crippen LogP contribution in [0, 0.1) is 5.82 Å². The molecule has 1 fully saturated rings. The Balaban J connectivity index is 1.56. The third-order valence-corrected chi connectivity index (χ3v) is 6.65. The molecule has 1 aliphatic rings. The summed E-state index contributed by atoms with van der Waals surface area (Å²) in [5.41, 5.74) is 2.35. The van der Waals surface area contributed by atoms with Crippen LogP contribution < -0.4 is 10.2 Å². The number of benzene rings is 2. The minimum absolute atomic E-state index is 0.00464. The Morgan fingerprint density at radius 1 is 1.06 bits per heavy atom. The van der Waals surface area contributed by atoms with Gasteiger partial charge < -0.3 is 5.32 Å². The first-order valence-corrected chi connectivity index (χ1v) is 12.2. The van der Waals surface area contributed by atoms with Crippen molar-refractivity contribution in [3.05, 3.63) is 59.9 Å². The predicted octanol–water partition coefficient (Wildman–Crippen LogP) is 6.68. The Morgan fingerprint density at radius 2 is 1.77 bits per heavy atom. The molecule has 166 valence electrons. The molecule has 1 N–H and O–H groups in total. The van der Waals surface area contributed by atoms with E-state index in [1.165, 1.54) is 56.0 Å². The Hall–Kier alpha value is -2.34. The van der Waals surface area contributed by atoms with Crippen LogP contribution in [0.15, 0.2) is 48.5 Å². The lowest BCUT2D eigenvalue weighted by atomic mass is 10.1. The van der Waals surface area contributed by atoms with Crippen molar-refractivity contribution in [1.82, 2.24) is 0 Å². The summed E-state index contributed by atoms with van der Waals surface area (Å²) in [6.45, 7) is 2.21. The van der Waals surface area contributed by atoms with Gasteiger partial charge in [0.25, 0.3) is 0 Å². The van der Waals surface area contributed by atoms with Gasteiger partial charge in [-0.3, -0.25) is 14.5 Å². The van der Waals surface area contributed by atoms with E-state index in [9.17, 15) is 14.0 Å². The van der Waals surface area contributed by atoms with Gasteiger partial charge in [0.1, 0.15) is 11.2 Å². The van der Waals surface area contributed by atoms with Crippen LogP contribution in [0.5, 0.6) is 0 Å². The summed E-state index contributed by atoms with van der Waals surface area (Å²) in [5, 5.41) is 2.79. The van der Waals surface area contributed by atoms with Crippen LogP contribution in [0.4, 0.5) is 15.8 Å². The lowest BCUT2D eigenvalue weighted by Gasteiger charge is -2.24. The summed E-state index contributed by atoms with van der Waals surface area (Å²) in [7, 11) is 0. The van der Waals surface area contributed by atoms with E-state index in [1.807, 2.05) is 24.3 Å². The molecule has 0 saturated carbocycles. The SMILES string of the molecule is CCCCCCCCCC(=O)Nc1cccc(C2SCC(=O)N2c2ccc(F)cc2)c1.